The summed E-state index contributed by atoms with van der Waals surface area (Å²) >= 11 is 1.75. The van der Waals surface area contributed by atoms with E-state index in [4.69, 9.17) is 14.5 Å². The number of piperidine rings is 1. The molecule has 31 heavy (non-hydrogen) atoms. The van der Waals surface area contributed by atoms with Gasteiger partial charge in [-0.25, -0.2) is 9.37 Å². The van der Waals surface area contributed by atoms with E-state index < -0.39 is 0 Å². The molecule has 0 amide bonds. The number of aromatic nitrogens is 2. The Hall–Kier alpha value is -2.90. The van der Waals surface area contributed by atoms with Gasteiger partial charge in [0.1, 0.15) is 11.6 Å². The van der Waals surface area contributed by atoms with Crippen molar-refractivity contribution in [3.05, 3.63) is 64.6 Å². The second-order valence-electron chi connectivity index (χ2n) is 8.15. The molecule has 0 bridgehead atoms. The van der Waals surface area contributed by atoms with Crippen LogP contribution in [0.25, 0.3) is 22.4 Å². The average molecular weight is 436 g/mol. The molecule has 5 nitrogen and oxygen atoms in total. The Morgan fingerprint density at radius 3 is 2.74 bits per heavy atom. The molecular weight excluding hydrogens is 413 g/mol. The molecule has 0 radical (unpaired) electrons. The van der Waals surface area contributed by atoms with Crippen LogP contribution in [0, 0.1) is 5.82 Å². The van der Waals surface area contributed by atoms with Crippen LogP contribution in [-0.4, -0.2) is 34.3 Å². The largest absolute Gasteiger partial charge is 0.454 e. The molecule has 0 atom stereocenters. The van der Waals surface area contributed by atoms with E-state index >= 15 is 0 Å². The topological polar surface area (TPSA) is 39.5 Å². The van der Waals surface area contributed by atoms with Crippen LogP contribution in [0.15, 0.2) is 53.2 Å². The molecule has 1 fully saturated rings. The van der Waals surface area contributed by atoms with Crippen LogP contribution in [0.5, 0.6) is 11.5 Å². The van der Waals surface area contributed by atoms with Gasteiger partial charge in [0.2, 0.25) is 6.79 Å². The quantitative estimate of drug-likeness (QED) is 0.426. The van der Waals surface area contributed by atoms with Crippen LogP contribution in [0.4, 0.5) is 4.39 Å². The van der Waals surface area contributed by atoms with Crippen molar-refractivity contribution >= 4 is 22.4 Å². The molecule has 0 N–H and O–H groups in total. The second-order valence-corrected chi connectivity index (χ2v) is 8.93. The summed E-state index contributed by atoms with van der Waals surface area (Å²) < 4.78 is 27.3. The lowest BCUT2D eigenvalue weighted by Gasteiger charge is -2.33. The molecule has 2 aliphatic rings. The Labute approximate surface area is 183 Å². The van der Waals surface area contributed by atoms with Crippen molar-refractivity contribution in [3.63, 3.8) is 0 Å². The van der Waals surface area contributed by atoms with Crippen LogP contribution < -0.4 is 9.47 Å². The summed E-state index contributed by atoms with van der Waals surface area (Å²) in [5.74, 6) is 2.07. The zero-order chi connectivity index (χ0) is 20.8. The SMILES string of the molecule is Fc1ccc2c(c1)nc(-c1ccc3c(c1)OCO3)n2C1CCN(Cc2ccsc2)CC1. The van der Waals surface area contributed by atoms with Gasteiger partial charge in [0.15, 0.2) is 11.5 Å². The molecular formula is C24H22FN3O2S. The van der Waals surface area contributed by atoms with Crippen LogP contribution in [0.2, 0.25) is 0 Å². The normalized spacial score (nSPS) is 16.9. The number of hydrogen-bond donors (Lipinski definition) is 0. The number of likely N-dealkylation sites (tertiary alicyclic amines) is 1. The highest BCUT2D eigenvalue weighted by Gasteiger charge is 2.26. The van der Waals surface area contributed by atoms with Gasteiger partial charge >= 0.3 is 0 Å². The maximum Gasteiger partial charge on any atom is 0.231 e. The molecule has 2 aliphatic heterocycles. The van der Waals surface area contributed by atoms with Gasteiger partial charge in [-0.15, -0.1) is 0 Å². The molecule has 0 spiro atoms. The second kappa shape index (κ2) is 7.66. The number of ether oxygens (including phenoxy) is 2. The van der Waals surface area contributed by atoms with Crippen LogP contribution in [0.1, 0.15) is 24.4 Å². The Balaban J connectivity index is 1.35. The highest BCUT2D eigenvalue weighted by atomic mass is 32.1. The summed E-state index contributed by atoms with van der Waals surface area (Å²) in [5, 5.41) is 4.36. The van der Waals surface area contributed by atoms with Gasteiger partial charge in [-0.05, 0) is 65.6 Å². The number of benzene rings is 2. The predicted octanol–water partition coefficient (Wildman–Crippen LogP) is 5.47. The monoisotopic (exact) mass is 435 g/mol. The molecule has 4 heterocycles. The first kappa shape index (κ1) is 18.8. The molecule has 0 unspecified atom stereocenters. The highest BCUT2D eigenvalue weighted by Crippen LogP contribution is 2.39. The minimum Gasteiger partial charge on any atom is -0.454 e. The summed E-state index contributed by atoms with van der Waals surface area (Å²) in [6.07, 6.45) is 2.06. The minimum atomic E-state index is -0.264. The Morgan fingerprint density at radius 2 is 1.90 bits per heavy atom. The number of rotatable bonds is 4. The summed E-state index contributed by atoms with van der Waals surface area (Å²) in [6, 6.07) is 13.3. The fraction of sp³-hybridized carbons (Fsp3) is 0.292. The Kier molecular flexibility index (Phi) is 4.65. The first-order chi connectivity index (χ1) is 15.2. The van der Waals surface area contributed by atoms with Crippen molar-refractivity contribution in [2.75, 3.05) is 19.9 Å². The summed E-state index contributed by atoms with van der Waals surface area (Å²) in [5.41, 5.74) is 4.01. The third kappa shape index (κ3) is 3.47. The van der Waals surface area contributed by atoms with Crippen molar-refractivity contribution in [2.45, 2.75) is 25.4 Å². The molecule has 158 valence electrons. The molecule has 1 saturated heterocycles. The lowest BCUT2D eigenvalue weighted by Crippen LogP contribution is -2.34. The van der Waals surface area contributed by atoms with Gasteiger partial charge < -0.3 is 14.0 Å². The lowest BCUT2D eigenvalue weighted by molar-refractivity contribution is 0.174. The third-order valence-corrected chi connectivity index (χ3v) is 6.92. The van der Waals surface area contributed by atoms with Crippen molar-refractivity contribution in [1.82, 2.24) is 14.5 Å². The van der Waals surface area contributed by atoms with Crippen molar-refractivity contribution < 1.29 is 13.9 Å². The van der Waals surface area contributed by atoms with Crippen LogP contribution in [-0.2, 0) is 6.54 Å². The van der Waals surface area contributed by atoms with Crippen LogP contribution >= 0.6 is 11.3 Å². The number of nitrogens with zero attached hydrogens (tertiary/aromatic N) is 3. The van der Waals surface area contributed by atoms with Gasteiger partial charge in [-0.2, -0.15) is 11.3 Å². The first-order valence-corrected chi connectivity index (χ1v) is 11.5. The maximum absolute atomic E-state index is 13.9. The molecule has 6 rings (SSSR count). The van der Waals surface area contributed by atoms with E-state index in [9.17, 15) is 4.39 Å². The van der Waals surface area contributed by atoms with Crippen molar-refractivity contribution in [3.8, 4) is 22.9 Å². The maximum atomic E-state index is 13.9. The number of thiophene rings is 1. The fourth-order valence-electron chi connectivity index (χ4n) is 4.66. The van der Waals surface area contributed by atoms with E-state index in [-0.39, 0.29) is 12.6 Å². The minimum absolute atomic E-state index is 0.239. The van der Waals surface area contributed by atoms with Gasteiger partial charge in [0.05, 0.1) is 11.0 Å². The van der Waals surface area contributed by atoms with Crippen molar-refractivity contribution in [2.24, 2.45) is 0 Å². The van der Waals surface area contributed by atoms with Crippen molar-refractivity contribution in [1.29, 1.82) is 0 Å². The fourth-order valence-corrected chi connectivity index (χ4v) is 5.32. The van der Waals surface area contributed by atoms with Gasteiger partial charge in [-0.1, -0.05) is 0 Å². The van der Waals surface area contributed by atoms with E-state index in [2.05, 4.69) is 26.3 Å². The number of imidazole rings is 1. The highest BCUT2D eigenvalue weighted by molar-refractivity contribution is 7.07. The molecule has 0 saturated carbocycles. The van der Waals surface area contributed by atoms with E-state index in [1.54, 1.807) is 11.3 Å². The van der Waals surface area contributed by atoms with E-state index in [1.807, 2.05) is 24.3 Å². The summed E-state index contributed by atoms with van der Waals surface area (Å²) in [7, 11) is 0. The standard InChI is InChI=1S/C24H22FN3O2S/c25-18-2-3-21-20(12-18)26-24(17-1-4-22-23(11-17)30-15-29-22)28(21)19-5-8-27(9-6-19)13-16-7-10-31-14-16/h1-4,7,10-12,14,19H,5-6,8-9,13,15H2. The molecule has 7 heteroatoms. The molecule has 0 aliphatic carbocycles. The summed E-state index contributed by atoms with van der Waals surface area (Å²) in [4.78, 5) is 7.35. The Bertz CT molecular complexity index is 1230. The van der Waals surface area contributed by atoms with E-state index in [0.29, 0.717) is 11.6 Å². The third-order valence-electron chi connectivity index (χ3n) is 6.19. The predicted molar refractivity (Wildman–Crippen MR) is 119 cm³/mol. The zero-order valence-corrected chi connectivity index (χ0v) is 17.8. The van der Waals surface area contributed by atoms with Gasteiger partial charge in [0.25, 0.3) is 0 Å². The first-order valence-electron chi connectivity index (χ1n) is 10.6. The van der Waals surface area contributed by atoms with Gasteiger partial charge in [0, 0.05) is 37.3 Å². The molecule has 2 aromatic heterocycles. The van der Waals surface area contributed by atoms with Gasteiger partial charge in [-0.3, -0.25) is 4.90 Å². The average Bonchev–Trinajstić information content (AvgIpc) is 3.53. The van der Waals surface area contributed by atoms with Crippen LogP contribution in [0.3, 0.4) is 0 Å². The lowest BCUT2D eigenvalue weighted by atomic mass is 10.0. The van der Waals surface area contributed by atoms with E-state index in [0.717, 1.165) is 60.9 Å². The molecule has 2 aromatic carbocycles. The summed E-state index contributed by atoms with van der Waals surface area (Å²) in [6.45, 7) is 3.30. The number of hydrogen-bond acceptors (Lipinski definition) is 5. The zero-order valence-electron chi connectivity index (χ0n) is 17.0. The van der Waals surface area contributed by atoms with E-state index in [1.165, 1.54) is 17.7 Å². The Morgan fingerprint density at radius 1 is 1.03 bits per heavy atom. The number of halogens is 1. The number of fused-ring (bicyclic) bond motifs is 2. The smallest absolute Gasteiger partial charge is 0.231 e. The molecule has 4 aromatic rings.